The van der Waals surface area contributed by atoms with Crippen LogP contribution in [0.1, 0.15) is 17.5 Å². The topological polar surface area (TPSA) is 46.5 Å². The number of fused-ring (bicyclic) bond motifs is 1. The molecule has 0 radical (unpaired) electrons. The van der Waals surface area contributed by atoms with Crippen molar-refractivity contribution in [3.05, 3.63) is 47.5 Å². The molecule has 0 saturated heterocycles. The molecule has 3 rings (SSSR count). The fraction of sp³-hybridized carbons (Fsp3) is 0.214. The third kappa shape index (κ3) is 1.93. The highest BCUT2D eigenvalue weighted by Gasteiger charge is 2.21. The van der Waals surface area contributed by atoms with E-state index in [4.69, 9.17) is 0 Å². The highest BCUT2D eigenvalue weighted by molar-refractivity contribution is 7.90. The summed E-state index contributed by atoms with van der Waals surface area (Å²) in [4.78, 5) is 0. The molecule has 18 heavy (non-hydrogen) atoms. The van der Waals surface area contributed by atoms with E-state index >= 15 is 0 Å². The monoisotopic (exact) mass is 259 g/mol. The van der Waals surface area contributed by atoms with E-state index in [0.29, 0.717) is 12.1 Å². The van der Waals surface area contributed by atoms with Crippen molar-refractivity contribution < 1.29 is 8.42 Å². The minimum Gasteiger partial charge on any atom is -0.205 e. The molecule has 2 aromatic rings. The average Bonchev–Trinajstić information content (AvgIpc) is 2.70. The Morgan fingerprint density at radius 2 is 1.94 bits per heavy atom. The van der Waals surface area contributed by atoms with Crippen LogP contribution in [0, 0.1) is 6.92 Å². The molecule has 0 saturated carbocycles. The van der Waals surface area contributed by atoms with E-state index in [2.05, 4.69) is 10.5 Å². The van der Waals surface area contributed by atoms with Crippen LogP contribution in [0.25, 0.3) is 10.8 Å². The lowest BCUT2D eigenvalue weighted by molar-refractivity contribution is 0.600. The molecule has 4 heteroatoms. The summed E-state index contributed by atoms with van der Waals surface area (Å²) in [7, 11) is -3.22. The zero-order chi connectivity index (χ0) is 12.8. The van der Waals surface area contributed by atoms with E-state index in [1.807, 2.05) is 37.3 Å². The lowest BCUT2D eigenvalue weighted by Crippen LogP contribution is -1.98. The lowest BCUT2D eigenvalue weighted by Gasteiger charge is -2.06. The van der Waals surface area contributed by atoms with Crippen LogP contribution in [-0.4, -0.2) is 19.9 Å². The maximum atomic E-state index is 11.4. The molecule has 0 N–H and O–H groups in total. The van der Waals surface area contributed by atoms with E-state index in [1.165, 1.54) is 5.39 Å². The maximum absolute atomic E-state index is 11.4. The molecule has 2 aromatic carbocycles. The average molecular weight is 259 g/mol. The number of hydrogen-bond donors (Lipinski definition) is 0. The first-order valence-electron chi connectivity index (χ1n) is 5.86. The van der Waals surface area contributed by atoms with Crippen LogP contribution in [0.5, 0.6) is 0 Å². The van der Waals surface area contributed by atoms with Crippen molar-refractivity contribution in [1.82, 2.24) is 0 Å². The fourth-order valence-electron chi connectivity index (χ4n) is 2.35. The molecule has 3 nitrogen and oxygen atoms in total. The van der Waals surface area contributed by atoms with Gasteiger partial charge in [-0.05, 0) is 41.0 Å². The van der Waals surface area contributed by atoms with Crippen molar-refractivity contribution in [2.45, 2.75) is 13.3 Å². The van der Waals surface area contributed by atoms with Gasteiger partial charge in [-0.1, -0.05) is 24.3 Å². The highest BCUT2D eigenvalue weighted by atomic mass is 32.2. The van der Waals surface area contributed by atoms with Gasteiger partial charge in [-0.15, -0.1) is 0 Å². The summed E-state index contributed by atoms with van der Waals surface area (Å²) in [6.45, 7) is 2.04. The second-order valence-corrected chi connectivity index (χ2v) is 6.34. The second-order valence-electron chi connectivity index (χ2n) is 4.59. The number of benzene rings is 2. The standard InChI is InChI=1S/C14H13NO2S/c1-10-8-12(14-6-7-18(16,17)15-14)9-11-4-2-3-5-13(10)11/h2-5,8-9H,6-7H2,1H3. The van der Waals surface area contributed by atoms with Gasteiger partial charge in [0.25, 0.3) is 10.0 Å². The summed E-state index contributed by atoms with van der Waals surface area (Å²) in [5.41, 5.74) is 2.76. The Morgan fingerprint density at radius 3 is 2.67 bits per heavy atom. The van der Waals surface area contributed by atoms with Crippen molar-refractivity contribution >= 4 is 26.5 Å². The molecule has 0 bridgehead atoms. The normalized spacial score (nSPS) is 17.9. The Balaban J connectivity index is 2.20. The number of sulfonamides is 1. The van der Waals surface area contributed by atoms with Gasteiger partial charge in [-0.2, -0.15) is 4.40 Å². The van der Waals surface area contributed by atoms with E-state index in [0.717, 1.165) is 16.5 Å². The predicted octanol–water partition coefficient (Wildman–Crippen LogP) is 2.67. The summed E-state index contributed by atoms with van der Waals surface area (Å²) < 4.78 is 26.6. The molecule has 0 spiro atoms. The molecule has 0 unspecified atom stereocenters. The first-order valence-corrected chi connectivity index (χ1v) is 7.47. The van der Waals surface area contributed by atoms with Crippen LogP contribution in [0.15, 0.2) is 40.8 Å². The van der Waals surface area contributed by atoms with Crippen molar-refractivity contribution in [1.29, 1.82) is 0 Å². The zero-order valence-electron chi connectivity index (χ0n) is 10.1. The van der Waals surface area contributed by atoms with E-state index in [-0.39, 0.29) is 5.75 Å². The summed E-state index contributed by atoms with van der Waals surface area (Å²) >= 11 is 0. The van der Waals surface area contributed by atoms with Crippen LogP contribution in [-0.2, 0) is 10.0 Å². The Kier molecular flexibility index (Phi) is 2.48. The van der Waals surface area contributed by atoms with Gasteiger partial charge in [0.2, 0.25) is 0 Å². The summed E-state index contributed by atoms with van der Waals surface area (Å²) in [6, 6.07) is 12.1. The van der Waals surface area contributed by atoms with Crippen LogP contribution >= 0.6 is 0 Å². The largest absolute Gasteiger partial charge is 0.253 e. The molecule has 1 aliphatic heterocycles. The van der Waals surface area contributed by atoms with Gasteiger partial charge >= 0.3 is 0 Å². The molecular weight excluding hydrogens is 246 g/mol. The highest BCUT2D eigenvalue weighted by Crippen LogP contribution is 2.23. The Labute approximate surface area is 106 Å². The maximum Gasteiger partial charge on any atom is 0.253 e. The SMILES string of the molecule is Cc1cc(C2=NS(=O)(=O)CC2)cc2ccccc12. The molecular formula is C14H13NO2S. The van der Waals surface area contributed by atoms with Gasteiger partial charge in [0.05, 0.1) is 11.5 Å². The summed E-state index contributed by atoms with van der Waals surface area (Å²) in [6.07, 6.45) is 0.514. The third-order valence-corrected chi connectivity index (χ3v) is 4.47. The van der Waals surface area contributed by atoms with Gasteiger partial charge in [0.1, 0.15) is 0 Å². The molecule has 0 fully saturated rings. The molecule has 1 aliphatic rings. The number of rotatable bonds is 1. The Morgan fingerprint density at radius 1 is 1.17 bits per heavy atom. The van der Waals surface area contributed by atoms with Crippen LogP contribution in [0.3, 0.4) is 0 Å². The van der Waals surface area contributed by atoms with E-state index in [9.17, 15) is 8.42 Å². The molecule has 0 amide bonds. The molecule has 92 valence electrons. The number of hydrogen-bond acceptors (Lipinski definition) is 2. The van der Waals surface area contributed by atoms with Crippen LogP contribution in [0.4, 0.5) is 0 Å². The number of nitrogens with zero attached hydrogens (tertiary/aromatic N) is 1. The van der Waals surface area contributed by atoms with Gasteiger partial charge < -0.3 is 0 Å². The smallest absolute Gasteiger partial charge is 0.205 e. The Bertz CT molecular complexity index is 760. The van der Waals surface area contributed by atoms with Crippen LogP contribution < -0.4 is 0 Å². The van der Waals surface area contributed by atoms with Crippen molar-refractivity contribution in [2.24, 2.45) is 4.40 Å². The third-order valence-electron chi connectivity index (χ3n) is 3.25. The van der Waals surface area contributed by atoms with Gasteiger partial charge in [0, 0.05) is 6.42 Å². The lowest BCUT2D eigenvalue weighted by atomic mass is 9.99. The zero-order valence-corrected chi connectivity index (χ0v) is 10.9. The van der Waals surface area contributed by atoms with E-state index < -0.39 is 10.0 Å². The minimum absolute atomic E-state index is 0.133. The van der Waals surface area contributed by atoms with Crippen LogP contribution in [0.2, 0.25) is 0 Å². The van der Waals surface area contributed by atoms with Crippen molar-refractivity contribution in [3.8, 4) is 0 Å². The van der Waals surface area contributed by atoms with Gasteiger partial charge in [-0.25, -0.2) is 8.42 Å². The Hall–Kier alpha value is -1.68. The van der Waals surface area contributed by atoms with Gasteiger partial charge in [-0.3, -0.25) is 0 Å². The summed E-state index contributed by atoms with van der Waals surface area (Å²) in [5.74, 6) is 0.133. The summed E-state index contributed by atoms with van der Waals surface area (Å²) in [5, 5.41) is 2.32. The van der Waals surface area contributed by atoms with Crippen molar-refractivity contribution in [3.63, 3.8) is 0 Å². The quantitative estimate of drug-likeness (QED) is 0.790. The minimum atomic E-state index is -3.22. The second kappa shape index (κ2) is 3.92. The van der Waals surface area contributed by atoms with Crippen molar-refractivity contribution in [2.75, 3.05) is 5.75 Å². The molecule has 0 aliphatic carbocycles. The van der Waals surface area contributed by atoms with E-state index in [1.54, 1.807) is 0 Å². The molecule has 0 aromatic heterocycles. The van der Waals surface area contributed by atoms with Gasteiger partial charge in [0.15, 0.2) is 0 Å². The number of aryl methyl sites for hydroxylation is 1. The fourth-order valence-corrected chi connectivity index (χ4v) is 3.43. The molecule has 0 atom stereocenters. The predicted molar refractivity (Wildman–Crippen MR) is 73.6 cm³/mol. The first kappa shape index (κ1) is 11.4. The molecule has 1 heterocycles. The first-order chi connectivity index (χ1) is 8.55.